The second-order valence-electron chi connectivity index (χ2n) is 7.32. The number of morpholine rings is 1. The normalized spacial score (nSPS) is 14.1. The van der Waals surface area contributed by atoms with Gasteiger partial charge in [0, 0.05) is 31.4 Å². The molecule has 0 radical (unpaired) electrons. The lowest BCUT2D eigenvalue weighted by Crippen LogP contribution is -2.35. The third-order valence-corrected chi connectivity index (χ3v) is 5.01. The van der Waals surface area contributed by atoms with E-state index in [1.807, 2.05) is 24.3 Å². The Morgan fingerprint density at radius 1 is 1.09 bits per heavy atom. The molecule has 1 amide bonds. The number of ether oxygens (including phenoxy) is 2. The number of rotatable bonds is 8. The first kappa shape index (κ1) is 21.5. The minimum atomic E-state index is -0.510. The van der Waals surface area contributed by atoms with Gasteiger partial charge in [-0.1, -0.05) is 24.3 Å². The third kappa shape index (κ3) is 5.51. The topological polar surface area (TPSA) is 107 Å². The molecule has 166 valence electrons. The number of benzene rings is 2. The standard InChI is InChI=1S/C23H23N3O6/c27-23(24-18-5-3-4-17(14-18)15-25-10-12-30-13-11-25)22-9-8-19(32-22)16-31-21-7-2-1-6-20(21)26(28)29/h1-9,14H,10-13,15-16H2,(H,24,27). The van der Waals surface area contributed by atoms with Crippen LogP contribution in [-0.4, -0.2) is 42.0 Å². The first-order chi connectivity index (χ1) is 15.6. The van der Waals surface area contributed by atoms with E-state index in [9.17, 15) is 14.9 Å². The number of nitro groups is 1. The van der Waals surface area contributed by atoms with Crippen molar-refractivity contribution in [2.24, 2.45) is 0 Å². The van der Waals surface area contributed by atoms with Crippen LogP contribution in [0.1, 0.15) is 21.9 Å². The molecule has 0 unspecified atom stereocenters. The van der Waals surface area contributed by atoms with Crippen molar-refractivity contribution in [1.82, 2.24) is 4.90 Å². The fraction of sp³-hybridized carbons (Fsp3) is 0.261. The Hall–Kier alpha value is -3.69. The van der Waals surface area contributed by atoms with Gasteiger partial charge >= 0.3 is 5.69 Å². The van der Waals surface area contributed by atoms with Gasteiger partial charge in [0.1, 0.15) is 12.4 Å². The minimum Gasteiger partial charge on any atom is -0.479 e. The van der Waals surface area contributed by atoms with Crippen LogP contribution in [0.3, 0.4) is 0 Å². The van der Waals surface area contributed by atoms with Gasteiger partial charge in [0.2, 0.25) is 0 Å². The first-order valence-electron chi connectivity index (χ1n) is 10.2. The second-order valence-corrected chi connectivity index (χ2v) is 7.32. The number of nitrogens with zero attached hydrogens (tertiary/aromatic N) is 2. The zero-order valence-corrected chi connectivity index (χ0v) is 17.4. The number of para-hydroxylation sites is 2. The van der Waals surface area contributed by atoms with Gasteiger partial charge in [-0.15, -0.1) is 0 Å². The van der Waals surface area contributed by atoms with Gasteiger partial charge in [0.15, 0.2) is 11.5 Å². The maximum atomic E-state index is 12.6. The van der Waals surface area contributed by atoms with Crippen molar-refractivity contribution in [3.05, 3.63) is 87.9 Å². The quantitative estimate of drug-likeness (QED) is 0.421. The average molecular weight is 437 g/mol. The second kappa shape index (κ2) is 10.1. The zero-order valence-electron chi connectivity index (χ0n) is 17.4. The predicted molar refractivity (Wildman–Crippen MR) is 117 cm³/mol. The Morgan fingerprint density at radius 2 is 1.91 bits per heavy atom. The molecule has 9 nitrogen and oxygen atoms in total. The molecule has 1 aromatic heterocycles. The smallest absolute Gasteiger partial charge is 0.310 e. The molecule has 1 aliphatic heterocycles. The summed E-state index contributed by atoms with van der Waals surface area (Å²) in [5.74, 6) is 0.265. The number of furan rings is 1. The van der Waals surface area contributed by atoms with Crippen molar-refractivity contribution in [2.75, 3.05) is 31.6 Å². The minimum absolute atomic E-state index is 0.0346. The van der Waals surface area contributed by atoms with Crippen molar-refractivity contribution >= 4 is 17.3 Å². The Bertz CT molecular complexity index is 1090. The molecule has 1 fully saturated rings. The highest BCUT2D eigenvalue weighted by Gasteiger charge is 2.16. The summed E-state index contributed by atoms with van der Waals surface area (Å²) in [6.07, 6.45) is 0. The summed E-state index contributed by atoms with van der Waals surface area (Å²) in [6.45, 7) is 4.01. The van der Waals surface area contributed by atoms with Crippen molar-refractivity contribution in [1.29, 1.82) is 0 Å². The maximum absolute atomic E-state index is 12.6. The van der Waals surface area contributed by atoms with Gasteiger partial charge in [-0.3, -0.25) is 19.8 Å². The van der Waals surface area contributed by atoms with Crippen LogP contribution in [-0.2, 0) is 17.9 Å². The van der Waals surface area contributed by atoms with Gasteiger partial charge in [-0.25, -0.2) is 0 Å². The van der Waals surface area contributed by atoms with Crippen molar-refractivity contribution < 1.29 is 23.6 Å². The van der Waals surface area contributed by atoms with Crippen LogP contribution in [0.4, 0.5) is 11.4 Å². The average Bonchev–Trinajstić information content (AvgIpc) is 3.28. The van der Waals surface area contributed by atoms with E-state index in [1.54, 1.807) is 24.3 Å². The van der Waals surface area contributed by atoms with Crippen molar-refractivity contribution in [3.63, 3.8) is 0 Å². The summed E-state index contributed by atoms with van der Waals surface area (Å²) in [7, 11) is 0. The molecule has 1 N–H and O–H groups in total. The molecule has 0 spiro atoms. The van der Waals surface area contributed by atoms with Crippen LogP contribution in [0.25, 0.3) is 0 Å². The van der Waals surface area contributed by atoms with E-state index in [-0.39, 0.29) is 29.7 Å². The fourth-order valence-corrected chi connectivity index (χ4v) is 3.41. The summed E-state index contributed by atoms with van der Waals surface area (Å²) in [5, 5.41) is 13.9. The van der Waals surface area contributed by atoms with Crippen molar-refractivity contribution in [2.45, 2.75) is 13.2 Å². The summed E-state index contributed by atoms with van der Waals surface area (Å²) in [6, 6.07) is 16.9. The highest BCUT2D eigenvalue weighted by atomic mass is 16.6. The lowest BCUT2D eigenvalue weighted by Gasteiger charge is -2.26. The number of hydrogen-bond donors (Lipinski definition) is 1. The Labute approximate surface area is 184 Å². The lowest BCUT2D eigenvalue weighted by atomic mass is 10.2. The number of anilines is 1. The molecule has 4 rings (SSSR count). The van der Waals surface area contributed by atoms with Crippen LogP contribution in [0, 0.1) is 10.1 Å². The summed E-state index contributed by atoms with van der Waals surface area (Å²) in [5.41, 5.74) is 1.64. The molecule has 2 aromatic carbocycles. The molecule has 0 atom stereocenters. The number of carbonyl (C=O) groups is 1. The molecule has 3 aromatic rings. The summed E-state index contributed by atoms with van der Waals surface area (Å²) in [4.78, 5) is 25.5. The summed E-state index contributed by atoms with van der Waals surface area (Å²) < 4.78 is 16.4. The van der Waals surface area contributed by atoms with Gasteiger partial charge in [0.25, 0.3) is 5.91 Å². The van der Waals surface area contributed by atoms with E-state index in [2.05, 4.69) is 10.2 Å². The van der Waals surface area contributed by atoms with Gasteiger partial charge in [-0.2, -0.15) is 0 Å². The number of hydrogen-bond acceptors (Lipinski definition) is 7. The fourth-order valence-electron chi connectivity index (χ4n) is 3.41. The van der Waals surface area contributed by atoms with E-state index in [4.69, 9.17) is 13.9 Å². The SMILES string of the molecule is O=C(Nc1cccc(CN2CCOCC2)c1)c1ccc(COc2ccccc2[N+](=O)[O-])o1. The zero-order chi connectivity index (χ0) is 22.3. The van der Waals surface area contributed by atoms with Crippen LogP contribution in [0.2, 0.25) is 0 Å². The number of carbonyl (C=O) groups excluding carboxylic acids is 1. The van der Waals surface area contributed by atoms with E-state index >= 15 is 0 Å². The van der Waals surface area contributed by atoms with Crippen LogP contribution >= 0.6 is 0 Å². The highest BCUT2D eigenvalue weighted by Crippen LogP contribution is 2.27. The Morgan fingerprint density at radius 3 is 2.72 bits per heavy atom. The van der Waals surface area contributed by atoms with E-state index < -0.39 is 4.92 Å². The van der Waals surface area contributed by atoms with E-state index in [0.717, 1.165) is 38.4 Å². The molecule has 2 heterocycles. The molecule has 1 saturated heterocycles. The number of nitrogens with one attached hydrogen (secondary N) is 1. The molecule has 0 saturated carbocycles. The molecule has 0 bridgehead atoms. The van der Waals surface area contributed by atoms with Gasteiger partial charge in [0.05, 0.1) is 18.1 Å². The van der Waals surface area contributed by atoms with Crippen LogP contribution < -0.4 is 10.1 Å². The number of amides is 1. The molecule has 9 heteroatoms. The third-order valence-electron chi connectivity index (χ3n) is 5.01. The maximum Gasteiger partial charge on any atom is 0.310 e. The van der Waals surface area contributed by atoms with Gasteiger partial charge < -0.3 is 19.2 Å². The van der Waals surface area contributed by atoms with Gasteiger partial charge in [-0.05, 0) is 35.9 Å². The van der Waals surface area contributed by atoms with Crippen LogP contribution in [0.5, 0.6) is 5.75 Å². The monoisotopic (exact) mass is 437 g/mol. The summed E-state index contributed by atoms with van der Waals surface area (Å²) >= 11 is 0. The largest absolute Gasteiger partial charge is 0.479 e. The number of nitro benzene ring substituents is 1. The molecule has 32 heavy (non-hydrogen) atoms. The van der Waals surface area contributed by atoms with Crippen molar-refractivity contribution in [3.8, 4) is 5.75 Å². The molecular weight excluding hydrogens is 414 g/mol. The molecule has 0 aliphatic carbocycles. The highest BCUT2D eigenvalue weighted by molar-refractivity contribution is 6.02. The predicted octanol–water partition coefficient (Wildman–Crippen LogP) is 3.85. The Kier molecular flexibility index (Phi) is 6.78. The van der Waals surface area contributed by atoms with E-state index in [0.29, 0.717) is 11.4 Å². The van der Waals surface area contributed by atoms with E-state index in [1.165, 1.54) is 12.1 Å². The Balaban J connectivity index is 1.35. The first-order valence-corrected chi connectivity index (χ1v) is 10.2. The lowest BCUT2D eigenvalue weighted by molar-refractivity contribution is -0.386. The molecule has 1 aliphatic rings. The van der Waals surface area contributed by atoms with Crippen LogP contribution in [0.15, 0.2) is 65.1 Å². The molecular formula is C23H23N3O6.